The van der Waals surface area contributed by atoms with Crippen LogP contribution in [0.25, 0.3) is 10.9 Å². The number of fused-ring (bicyclic) bond motifs is 1. The second kappa shape index (κ2) is 5.97. The van der Waals surface area contributed by atoms with Crippen molar-refractivity contribution in [3.8, 4) is 0 Å². The lowest BCUT2D eigenvalue weighted by Gasteiger charge is -2.09. The van der Waals surface area contributed by atoms with Gasteiger partial charge >= 0.3 is 0 Å². The summed E-state index contributed by atoms with van der Waals surface area (Å²) < 4.78 is 3.92. The first-order valence-corrected chi connectivity index (χ1v) is 8.56. The lowest BCUT2D eigenvalue weighted by Crippen LogP contribution is -2.11. The molecule has 0 spiro atoms. The molecule has 0 aliphatic carbocycles. The third kappa shape index (κ3) is 2.81. The van der Waals surface area contributed by atoms with Crippen LogP contribution in [0.4, 0.5) is 0 Å². The maximum atomic E-state index is 12.5. The molecule has 1 aromatic heterocycles. The van der Waals surface area contributed by atoms with Crippen LogP contribution in [0.3, 0.4) is 0 Å². The summed E-state index contributed by atoms with van der Waals surface area (Å²) in [6.07, 6.45) is 7.95. The fourth-order valence-corrected chi connectivity index (χ4v) is 3.95. The third-order valence-electron chi connectivity index (χ3n) is 3.87. The number of rotatable bonds is 3. The topological polar surface area (TPSA) is 25.2 Å². The highest BCUT2D eigenvalue weighted by Crippen LogP contribution is 2.34. The maximum Gasteiger partial charge on any atom is 0.189 e. The standard InChI is InChI=1S/C16H16Br2N2O/c1-19-10-11(14(21)6-9-20-7-2-3-8-20)15-12(17)4-5-13(18)16(15)19/h4-6,9-10H,2-3,7-8H2,1H3/b9-6+. The van der Waals surface area contributed by atoms with Gasteiger partial charge < -0.3 is 9.47 Å². The Kier molecular flexibility index (Phi) is 4.22. The van der Waals surface area contributed by atoms with E-state index in [9.17, 15) is 4.79 Å². The summed E-state index contributed by atoms with van der Waals surface area (Å²) in [5.41, 5.74) is 1.76. The molecular formula is C16H16Br2N2O. The Labute approximate surface area is 140 Å². The highest BCUT2D eigenvalue weighted by Gasteiger charge is 2.17. The number of ketones is 1. The second-order valence-corrected chi connectivity index (χ2v) is 7.04. The molecule has 1 fully saturated rings. The van der Waals surface area contributed by atoms with E-state index >= 15 is 0 Å². The zero-order valence-electron chi connectivity index (χ0n) is 11.8. The monoisotopic (exact) mass is 410 g/mol. The van der Waals surface area contributed by atoms with E-state index in [2.05, 4.69) is 36.8 Å². The number of benzene rings is 1. The van der Waals surface area contributed by atoms with Crippen molar-refractivity contribution in [1.82, 2.24) is 9.47 Å². The Morgan fingerprint density at radius 1 is 1.19 bits per heavy atom. The molecule has 1 aliphatic rings. The van der Waals surface area contributed by atoms with Crippen molar-refractivity contribution in [1.29, 1.82) is 0 Å². The van der Waals surface area contributed by atoms with Gasteiger partial charge in [0, 0.05) is 58.5 Å². The zero-order chi connectivity index (χ0) is 15.0. The van der Waals surface area contributed by atoms with Crippen molar-refractivity contribution in [2.45, 2.75) is 12.8 Å². The molecule has 0 bridgehead atoms. The number of halogens is 2. The Morgan fingerprint density at radius 2 is 1.86 bits per heavy atom. The van der Waals surface area contributed by atoms with Gasteiger partial charge in [-0.1, -0.05) is 15.9 Å². The number of carbonyl (C=O) groups excluding carboxylic acids is 1. The Balaban J connectivity index is 2.00. The Morgan fingerprint density at radius 3 is 2.57 bits per heavy atom. The summed E-state index contributed by atoms with van der Waals surface area (Å²) in [6, 6.07) is 3.95. The zero-order valence-corrected chi connectivity index (χ0v) is 14.9. The molecule has 5 heteroatoms. The van der Waals surface area contributed by atoms with E-state index in [1.807, 2.05) is 36.1 Å². The molecule has 0 unspecified atom stereocenters. The molecule has 3 nitrogen and oxygen atoms in total. The molecule has 0 saturated carbocycles. The van der Waals surface area contributed by atoms with Gasteiger partial charge in [-0.15, -0.1) is 0 Å². The minimum absolute atomic E-state index is 0.0475. The molecular weight excluding hydrogens is 396 g/mol. The average molecular weight is 412 g/mol. The first-order chi connectivity index (χ1) is 10.1. The molecule has 1 aromatic carbocycles. The van der Waals surface area contributed by atoms with E-state index in [0.29, 0.717) is 0 Å². The van der Waals surface area contributed by atoms with E-state index in [1.165, 1.54) is 12.8 Å². The number of allylic oxidation sites excluding steroid dienone is 1. The molecule has 0 amide bonds. The van der Waals surface area contributed by atoms with Crippen LogP contribution in [-0.4, -0.2) is 28.3 Å². The van der Waals surface area contributed by atoms with Crippen LogP contribution in [0, 0.1) is 0 Å². The van der Waals surface area contributed by atoms with Crippen molar-refractivity contribution in [2.24, 2.45) is 7.05 Å². The normalized spacial score (nSPS) is 15.5. The minimum atomic E-state index is 0.0475. The number of aryl methyl sites for hydroxylation is 1. The van der Waals surface area contributed by atoms with Crippen molar-refractivity contribution < 1.29 is 4.79 Å². The number of hydrogen-bond donors (Lipinski definition) is 0. The van der Waals surface area contributed by atoms with Crippen LogP contribution >= 0.6 is 31.9 Å². The van der Waals surface area contributed by atoms with Gasteiger partial charge in [0.2, 0.25) is 0 Å². The van der Waals surface area contributed by atoms with Gasteiger partial charge in [0.05, 0.1) is 5.52 Å². The number of nitrogens with zero attached hydrogens (tertiary/aromatic N) is 2. The Hall–Kier alpha value is -1.07. The van der Waals surface area contributed by atoms with Crippen LogP contribution < -0.4 is 0 Å². The number of likely N-dealkylation sites (tertiary alicyclic amines) is 1. The third-order valence-corrected chi connectivity index (χ3v) is 5.17. The van der Waals surface area contributed by atoms with E-state index in [-0.39, 0.29) is 5.78 Å². The largest absolute Gasteiger partial charge is 0.377 e. The molecule has 1 saturated heterocycles. The molecule has 0 atom stereocenters. The van der Waals surface area contributed by atoms with E-state index in [4.69, 9.17) is 0 Å². The molecule has 2 aromatic rings. The van der Waals surface area contributed by atoms with Crippen LogP contribution in [0.2, 0.25) is 0 Å². The summed E-state index contributed by atoms with van der Waals surface area (Å²) in [6.45, 7) is 2.10. The summed E-state index contributed by atoms with van der Waals surface area (Å²) in [5, 5.41) is 0.961. The smallest absolute Gasteiger partial charge is 0.189 e. The predicted octanol–water partition coefficient (Wildman–Crippen LogP) is 4.50. The second-order valence-electron chi connectivity index (χ2n) is 5.33. The van der Waals surface area contributed by atoms with Crippen LogP contribution in [0.1, 0.15) is 23.2 Å². The van der Waals surface area contributed by atoms with Crippen LogP contribution in [0.15, 0.2) is 39.6 Å². The number of hydrogen-bond acceptors (Lipinski definition) is 2. The van der Waals surface area contributed by atoms with Crippen molar-refractivity contribution >= 4 is 48.5 Å². The average Bonchev–Trinajstić information content (AvgIpc) is 3.08. The fourth-order valence-electron chi connectivity index (χ4n) is 2.81. The quantitative estimate of drug-likeness (QED) is 0.548. The molecule has 1 aliphatic heterocycles. The number of aromatic nitrogens is 1. The van der Waals surface area contributed by atoms with Gasteiger partial charge in [-0.2, -0.15) is 0 Å². The fraction of sp³-hybridized carbons (Fsp3) is 0.312. The first kappa shape index (κ1) is 14.9. The van der Waals surface area contributed by atoms with Gasteiger partial charge in [0.1, 0.15) is 0 Å². The van der Waals surface area contributed by atoms with Gasteiger partial charge in [0.25, 0.3) is 0 Å². The predicted molar refractivity (Wildman–Crippen MR) is 92.6 cm³/mol. The SMILES string of the molecule is Cn1cc(C(=O)/C=C/N2CCCC2)c2c(Br)ccc(Br)c21. The van der Waals surface area contributed by atoms with Gasteiger partial charge in [-0.05, 0) is 40.9 Å². The molecule has 110 valence electrons. The van der Waals surface area contributed by atoms with Gasteiger partial charge in [-0.3, -0.25) is 4.79 Å². The van der Waals surface area contributed by atoms with E-state index in [1.54, 1.807) is 6.08 Å². The lowest BCUT2D eigenvalue weighted by atomic mass is 10.1. The Bertz CT molecular complexity index is 727. The highest BCUT2D eigenvalue weighted by molar-refractivity contribution is 9.11. The van der Waals surface area contributed by atoms with E-state index in [0.717, 1.165) is 38.5 Å². The van der Waals surface area contributed by atoms with Crippen LogP contribution in [0.5, 0.6) is 0 Å². The molecule has 21 heavy (non-hydrogen) atoms. The van der Waals surface area contributed by atoms with Crippen molar-refractivity contribution in [3.05, 3.63) is 45.1 Å². The highest BCUT2D eigenvalue weighted by atomic mass is 79.9. The lowest BCUT2D eigenvalue weighted by molar-refractivity contribution is 0.104. The van der Waals surface area contributed by atoms with Crippen LogP contribution in [-0.2, 0) is 7.05 Å². The molecule has 3 rings (SSSR count). The van der Waals surface area contributed by atoms with Gasteiger partial charge in [0.15, 0.2) is 5.78 Å². The number of carbonyl (C=O) groups is 1. The van der Waals surface area contributed by atoms with Crippen molar-refractivity contribution in [2.75, 3.05) is 13.1 Å². The van der Waals surface area contributed by atoms with Gasteiger partial charge in [-0.25, -0.2) is 0 Å². The first-order valence-electron chi connectivity index (χ1n) is 6.97. The molecule has 2 heterocycles. The molecule has 0 N–H and O–H groups in total. The van der Waals surface area contributed by atoms with Crippen molar-refractivity contribution in [3.63, 3.8) is 0 Å². The summed E-state index contributed by atoms with van der Waals surface area (Å²) in [4.78, 5) is 14.7. The molecule has 0 radical (unpaired) electrons. The summed E-state index contributed by atoms with van der Waals surface area (Å²) in [5.74, 6) is 0.0475. The minimum Gasteiger partial charge on any atom is -0.377 e. The van der Waals surface area contributed by atoms with E-state index < -0.39 is 0 Å². The maximum absolute atomic E-state index is 12.5. The summed E-state index contributed by atoms with van der Waals surface area (Å²) >= 11 is 7.12. The summed E-state index contributed by atoms with van der Waals surface area (Å²) in [7, 11) is 1.96.